The molecule has 0 saturated heterocycles. The summed E-state index contributed by atoms with van der Waals surface area (Å²) in [5.74, 6) is -1.00. The Bertz CT molecular complexity index is 1150. The summed E-state index contributed by atoms with van der Waals surface area (Å²) in [5, 5.41) is 0. The number of ether oxygens (including phenoxy) is 3. The van der Waals surface area contributed by atoms with Crippen molar-refractivity contribution in [3.05, 3.63) is 60.8 Å². The van der Waals surface area contributed by atoms with E-state index in [-0.39, 0.29) is 37.5 Å². The van der Waals surface area contributed by atoms with Crippen LogP contribution in [0.4, 0.5) is 0 Å². The van der Waals surface area contributed by atoms with E-state index in [2.05, 4.69) is 75.5 Å². The first-order valence-corrected chi connectivity index (χ1v) is 26.8. The Kier molecular flexibility index (Phi) is 49.4. The summed E-state index contributed by atoms with van der Waals surface area (Å²) in [5.41, 5.74) is 0. The third-order valence-corrected chi connectivity index (χ3v) is 11.5. The highest BCUT2D eigenvalue weighted by Gasteiger charge is 2.19. The molecule has 6 heteroatoms. The zero-order chi connectivity index (χ0) is 45.8. The van der Waals surface area contributed by atoms with Crippen LogP contribution in [0.25, 0.3) is 0 Å². The normalized spacial score (nSPS) is 12.5. The SMILES string of the molecule is CCCCCCCC/C=C\C/C=C\CCC(=O)OCC(COC(=O)CCCCC/C=C\C=C/CCCCCCCCC)OC(=O)CCCCCCC/C=C\CCCCCCCCC. The van der Waals surface area contributed by atoms with Crippen LogP contribution in [-0.4, -0.2) is 37.2 Å². The lowest BCUT2D eigenvalue weighted by Gasteiger charge is -2.18. The van der Waals surface area contributed by atoms with Crippen LogP contribution in [0.1, 0.15) is 265 Å². The molecular weight excluding hydrogens is 781 g/mol. The van der Waals surface area contributed by atoms with Crippen molar-refractivity contribution in [2.45, 2.75) is 271 Å². The Balaban J connectivity index is 4.48. The number of carbonyl (C=O) groups excluding carboxylic acids is 3. The third kappa shape index (κ3) is 50.0. The molecule has 63 heavy (non-hydrogen) atoms. The molecule has 1 atom stereocenters. The highest BCUT2D eigenvalue weighted by Crippen LogP contribution is 2.14. The topological polar surface area (TPSA) is 78.9 Å². The van der Waals surface area contributed by atoms with Gasteiger partial charge in [-0.1, -0.05) is 216 Å². The molecule has 0 aromatic carbocycles. The van der Waals surface area contributed by atoms with E-state index in [0.29, 0.717) is 19.3 Å². The zero-order valence-electron chi connectivity index (χ0n) is 41.6. The van der Waals surface area contributed by atoms with Crippen molar-refractivity contribution in [2.24, 2.45) is 0 Å². The maximum atomic E-state index is 12.8. The van der Waals surface area contributed by atoms with Crippen LogP contribution >= 0.6 is 0 Å². The van der Waals surface area contributed by atoms with Crippen LogP contribution in [-0.2, 0) is 28.6 Å². The molecule has 0 fully saturated rings. The average molecular weight is 881 g/mol. The van der Waals surface area contributed by atoms with Gasteiger partial charge >= 0.3 is 17.9 Å². The smallest absolute Gasteiger partial charge is 0.306 e. The fraction of sp³-hybridized carbons (Fsp3) is 0.772. The quantitative estimate of drug-likeness (QED) is 0.0199. The molecule has 1 unspecified atom stereocenters. The molecule has 0 saturated carbocycles. The van der Waals surface area contributed by atoms with Crippen LogP contribution in [0.2, 0.25) is 0 Å². The standard InChI is InChI=1S/C57H100O6/c1-4-7-10-13-16-19-22-25-27-29-32-35-38-41-44-47-50-56(59)62-53-54(52-61-55(58)49-46-43-40-37-34-31-24-21-18-15-12-9-6-3)63-57(60)51-48-45-42-39-36-33-30-28-26-23-20-17-14-11-8-5-2/h27-32,34-35,40,43,54H,4-26,33,36-39,41-42,44-53H2,1-3H3/b29-27-,30-28-,34-31-,35-32-,43-40-. The minimum atomic E-state index is -0.811. The maximum Gasteiger partial charge on any atom is 0.306 e. The van der Waals surface area contributed by atoms with Gasteiger partial charge in [-0.25, -0.2) is 0 Å². The summed E-state index contributed by atoms with van der Waals surface area (Å²) in [4.78, 5) is 38.0. The van der Waals surface area contributed by atoms with Crippen molar-refractivity contribution >= 4 is 17.9 Å². The number of unbranched alkanes of at least 4 members (excludes halogenated alkanes) is 28. The van der Waals surface area contributed by atoms with E-state index < -0.39 is 6.10 Å². The lowest BCUT2D eigenvalue weighted by molar-refractivity contribution is -0.166. The molecule has 364 valence electrons. The van der Waals surface area contributed by atoms with E-state index in [1.54, 1.807) is 0 Å². The van der Waals surface area contributed by atoms with E-state index in [4.69, 9.17) is 14.2 Å². The maximum absolute atomic E-state index is 12.8. The predicted molar refractivity (Wildman–Crippen MR) is 270 cm³/mol. The van der Waals surface area contributed by atoms with Crippen LogP contribution in [0, 0.1) is 0 Å². The molecule has 0 rings (SSSR count). The summed E-state index contributed by atoms with van der Waals surface area (Å²) in [6.45, 7) is 6.55. The van der Waals surface area contributed by atoms with E-state index in [1.807, 2.05) is 6.08 Å². The van der Waals surface area contributed by atoms with Gasteiger partial charge in [0.05, 0.1) is 0 Å². The summed E-state index contributed by atoms with van der Waals surface area (Å²) in [7, 11) is 0. The molecule has 0 bridgehead atoms. The van der Waals surface area contributed by atoms with Gasteiger partial charge in [0.15, 0.2) is 6.10 Å². The van der Waals surface area contributed by atoms with E-state index in [1.165, 1.54) is 141 Å². The molecule has 0 aliphatic heterocycles. The first kappa shape index (κ1) is 60.1. The Hall–Kier alpha value is -2.89. The van der Waals surface area contributed by atoms with E-state index in [0.717, 1.165) is 77.0 Å². The van der Waals surface area contributed by atoms with Crippen LogP contribution in [0.3, 0.4) is 0 Å². The molecule has 0 aromatic rings. The molecule has 0 N–H and O–H groups in total. The predicted octanol–water partition coefficient (Wildman–Crippen LogP) is 17.6. The molecule has 0 aromatic heterocycles. The zero-order valence-corrected chi connectivity index (χ0v) is 41.6. The van der Waals surface area contributed by atoms with E-state index in [9.17, 15) is 14.4 Å². The largest absolute Gasteiger partial charge is 0.462 e. The van der Waals surface area contributed by atoms with Crippen molar-refractivity contribution in [3.8, 4) is 0 Å². The molecule has 0 aliphatic carbocycles. The van der Waals surface area contributed by atoms with Gasteiger partial charge in [-0.3, -0.25) is 14.4 Å². The van der Waals surface area contributed by atoms with Crippen LogP contribution in [0.5, 0.6) is 0 Å². The van der Waals surface area contributed by atoms with Gasteiger partial charge in [0.1, 0.15) is 13.2 Å². The number of esters is 3. The van der Waals surface area contributed by atoms with Gasteiger partial charge in [-0.2, -0.15) is 0 Å². The number of allylic oxidation sites excluding steroid dienone is 10. The summed E-state index contributed by atoms with van der Waals surface area (Å²) in [6.07, 6.45) is 63.6. The van der Waals surface area contributed by atoms with Gasteiger partial charge in [-0.15, -0.1) is 0 Å². The highest BCUT2D eigenvalue weighted by molar-refractivity contribution is 5.71. The summed E-state index contributed by atoms with van der Waals surface area (Å²) >= 11 is 0. The van der Waals surface area contributed by atoms with Gasteiger partial charge in [0.2, 0.25) is 0 Å². The van der Waals surface area contributed by atoms with Crippen molar-refractivity contribution in [1.29, 1.82) is 0 Å². The monoisotopic (exact) mass is 881 g/mol. The second-order valence-corrected chi connectivity index (χ2v) is 17.8. The van der Waals surface area contributed by atoms with Crippen LogP contribution < -0.4 is 0 Å². The Morgan fingerprint density at radius 3 is 1.10 bits per heavy atom. The average Bonchev–Trinajstić information content (AvgIpc) is 3.28. The molecule has 6 nitrogen and oxygen atoms in total. The molecule has 0 heterocycles. The second kappa shape index (κ2) is 51.7. The fourth-order valence-corrected chi connectivity index (χ4v) is 7.42. The fourth-order valence-electron chi connectivity index (χ4n) is 7.42. The van der Waals surface area contributed by atoms with Gasteiger partial charge < -0.3 is 14.2 Å². The molecule has 0 radical (unpaired) electrons. The van der Waals surface area contributed by atoms with Gasteiger partial charge in [0.25, 0.3) is 0 Å². The number of hydrogen-bond donors (Lipinski definition) is 0. The van der Waals surface area contributed by atoms with Gasteiger partial charge in [0, 0.05) is 19.3 Å². The van der Waals surface area contributed by atoms with E-state index >= 15 is 0 Å². The van der Waals surface area contributed by atoms with Gasteiger partial charge in [-0.05, 0) is 89.9 Å². The highest BCUT2D eigenvalue weighted by atomic mass is 16.6. The Labute approximate surface area is 390 Å². The molecule has 0 amide bonds. The third-order valence-electron chi connectivity index (χ3n) is 11.5. The number of carbonyl (C=O) groups is 3. The first-order valence-electron chi connectivity index (χ1n) is 26.8. The first-order chi connectivity index (χ1) is 31.0. The van der Waals surface area contributed by atoms with Crippen molar-refractivity contribution in [1.82, 2.24) is 0 Å². The Morgan fingerprint density at radius 2 is 0.651 bits per heavy atom. The minimum absolute atomic E-state index is 0.108. The number of hydrogen-bond acceptors (Lipinski definition) is 6. The lowest BCUT2D eigenvalue weighted by Crippen LogP contribution is -2.30. The molecule has 0 spiro atoms. The summed E-state index contributed by atoms with van der Waals surface area (Å²) in [6, 6.07) is 0. The van der Waals surface area contributed by atoms with Crippen LogP contribution in [0.15, 0.2) is 60.8 Å². The second-order valence-electron chi connectivity index (χ2n) is 17.8. The van der Waals surface area contributed by atoms with Crippen molar-refractivity contribution in [2.75, 3.05) is 13.2 Å². The number of rotatable bonds is 48. The Morgan fingerprint density at radius 1 is 0.333 bits per heavy atom. The molecular formula is C57H100O6. The lowest BCUT2D eigenvalue weighted by atomic mass is 10.1. The summed E-state index contributed by atoms with van der Waals surface area (Å²) < 4.78 is 16.7. The molecule has 0 aliphatic rings. The van der Waals surface area contributed by atoms with Crippen molar-refractivity contribution in [3.63, 3.8) is 0 Å². The minimum Gasteiger partial charge on any atom is -0.462 e. The van der Waals surface area contributed by atoms with Crippen molar-refractivity contribution < 1.29 is 28.6 Å².